The van der Waals surface area contributed by atoms with Gasteiger partial charge in [0.05, 0.1) is 11.8 Å². The van der Waals surface area contributed by atoms with Crippen molar-refractivity contribution in [1.29, 1.82) is 0 Å². The fraction of sp³-hybridized carbons (Fsp3) is 0.235. The van der Waals surface area contributed by atoms with Gasteiger partial charge in [0, 0.05) is 9.92 Å². The maximum Gasteiger partial charge on any atom is 0.230 e. The third-order valence-electron chi connectivity index (χ3n) is 3.18. The molecule has 0 aliphatic heterocycles. The summed E-state index contributed by atoms with van der Waals surface area (Å²) in [4.78, 5) is 13.2. The number of aryl methyl sites for hydroxylation is 1. The molecular weight excluding hydrogens is 302 g/mol. The summed E-state index contributed by atoms with van der Waals surface area (Å²) in [5.74, 6) is 0.436. The molecule has 1 amide bonds. The van der Waals surface area contributed by atoms with Crippen LogP contribution in [0.25, 0.3) is 0 Å². The van der Waals surface area contributed by atoms with Crippen LogP contribution in [0, 0.1) is 6.92 Å². The Kier molecular flexibility index (Phi) is 5.71. The van der Waals surface area contributed by atoms with Gasteiger partial charge in [-0.05, 0) is 43.2 Å². The molecule has 0 spiro atoms. The molecule has 0 aromatic heterocycles. The van der Waals surface area contributed by atoms with Crippen LogP contribution in [0.1, 0.15) is 24.1 Å². The average molecular weight is 320 g/mol. The zero-order valence-corrected chi connectivity index (χ0v) is 13.7. The Balaban J connectivity index is 1.89. The van der Waals surface area contributed by atoms with Crippen molar-refractivity contribution < 1.29 is 4.79 Å². The van der Waals surface area contributed by atoms with E-state index in [1.807, 2.05) is 49.4 Å². The van der Waals surface area contributed by atoms with Gasteiger partial charge in [0.2, 0.25) is 5.91 Å². The lowest BCUT2D eigenvalue weighted by Gasteiger charge is -2.14. The minimum Gasteiger partial charge on any atom is -0.349 e. The van der Waals surface area contributed by atoms with Gasteiger partial charge in [-0.1, -0.05) is 41.9 Å². The van der Waals surface area contributed by atoms with Crippen molar-refractivity contribution >= 4 is 29.3 Å². The largest absolute Gasteiger partial charge is 0.349 e. The summed E-state index contributed by atoms with van der Waals surface area (Å²) in [6.07, 6.45) is 0. The van der Waals surface area contributed by atoms with Gasteiger partial charge in [-0.2, -0.15) is 0 Å². The Morgan fingerprint density at radius 1 is 1.24 bits per heavy atom. The van der Waals surface area contributed by atoms with Gasteiger partial charge in [0.1, 0.15) is 0 Å². The van der Waals surface area contributed by atoms with Crippen molar-refractivity contribution in [2.75, 3.05) is 5.75 Å². The van der Waals surface area contributed by atoms with Crippen molar-refractivity contribution in [3.63, 3.8) is 0 Å². The van der Waals surface area contributed by atoms with Crippen molar-refractivity contribution in [2.45, 2.75) is 24.8 Å². The van der Waals surface area contributed by atoms with Crippen LogP contribution in [-0.4, -0.2) is 11.7 Å². The fourth-order valence-electron chi connectivity index (χ4n) is 2.00. The van der Waals surface area contributed by atoms with E-state index in [1.54, 1.807) is 11.8 Å². The molecule has 2 aromatic carbocycles. The van der Waals surface area contributed by atoms with E-state index < -0.39 is 0 Å². The predicted octanol–water partition coefficient (Wildman–Crippen LogP) is 4.62. The zero-order chi connectivity index (χ0) is 15.2. The highest BCUT2D eigenvalue weighted by Crippen LogP contribution is 2.22. The number of benzene rings is 2. The summed E-state index contributed by atoms with van der Waals surface area (Å²) in [5.41, 5.74) is 2.20. The van der Waals surface area contributed by atoms with Crippen molar-refractivity contribution in [3.05, 3.63) is 64.7 Å². The molecule has 0 heterocycles. The molecule has 1 N–H and O–H groups in total. The smallest absolute Gasteiger partial charge is 0.230 e. The van der Waals surface area contributed by atoms with Crippen LogP contribution in [0.5, 0.6) is 0 Å². The van der Waals surface area contributed by atoms with Crippen molar-refractivity contribution in [1.82, 2.24) is 5.32 Å². The molecule has 0 fully saturated rings. The Morgan fingerprint density at radius 2 is 2.00 bits per heavy atom. The Hall–Kier alpha value is -1.45. The van der Waals surface area contributed by atoms with E-state index in [-0.39, 0.29) is 11.9 Å². The number of nitrogens with one attached hydrogen (secondary N) is 1. The molecule has 0 aliphatic rings. The Labute approximate surface area is 134 Å². The van der Waals surface area contributed by atoms with Crippen LogP contribution in [0.4, 0.5) is 0 Å². The zero-order valence-electron chi connectivity index (χ0n) is 12.1. The lowest BCUT2D eigenvalue weighted by atomic mass is 10.1. The normalized spacial score (nSPS) is 12.0. The van der Waals surface area contributed by atoms with Gasteiger partial charge < -0.3 is 5.32 Å². The lowest BCUT2D eigenvalue weighted by Crippen LogP contribution is -2.28. The second kappa shape index (κ2) is 7.53. The SMILES string of the molecule is Cc1ccccc1SCC(=O)NC(C)c1cccc(Cl)c1. The first-order chi connectivity index (χ1) is 10.1. The molecule has 2 rings (SSSR count). The van der Waals surface area contributed by atoms with Crippen molar-refractivity contribution in [3.8, 4) is 0 Å². The van der Waals surface area contributed by atoms with E-state index in [9.17, 15) is 4.79 Å². The van der Waals surface area contributed by atoms with E-state index >= 15 is 0 Å². The number of hydrogen-bond donors (Lipinski definition) is 1. The minimum atomic E-state index is -0.0475. The van der Waals surface area contributed by atoms with Crippen LogP contribution in [0.2, 0.25) is 5.02 Å². The quantitative estimate of drug-likeness (QED) is 0.815. The lowest BCUT2D eigenvalue weighted by molar-refractivity contribution is -0.119. The van der Waals surface area contributed by atoms with Gasteiger partial charge in [-0.3, -0.25) is 4.79 Å². The van der Waals surface area contributed by atoms with E-state index in [2.05, 4.69) is 18.3 Å². The van der Waals surface area contributed by atoms with Crippen LogP contribution in [0.15, 0.2) is 53.4 Å². The van der Waals surface area contributed by atoms with Crippen molar-refractivity contribution in [2.24, 2.45) is 0 Å². The third kappa shape index (κ3) is 4.80. The number of carbonyl (C=O) groups excluding carboxylic acids is 1. The maximum atomic E-state index is 12.0. The first-order valence-corrected chi connectivity index (χ1v) is 8.16. The van der Waals surface area contributed by atoms with Gasteiger partial charge in [0.15, 0.2) is 0 Å². The number of thioether (sulfide) groups is 1. The fourth-order valence-corrected chi connectivity index (χ4v) is 3.04. The Morgan fingerprint density at radius 3 is 2.71 bits per heavy atom. The molecule has 0 saturated carbocycles. The molecule has 2 nitrogen and oxygen atoms in total. The standard InChI is InChI=1S/C17H18ClNOS/c1-12-6-3-4-9-16(12)21-11-17(20)19-13(2)14-7-5-8-15(18)10-14/h3-10,13H,11H2,1-2H3,(H,19,20). The first kappa shape index (κ1) is 15.9. The topological polar surface area (TPSA) is 29.1 Å². The molecule has 1 unspecified atom stereocenters. The molecule has 4 heteroatoms. The number of amides is 1. The van der Waals surface area contributed by atoms with Crippen LogP contribution in [-0.2, 0) is 4.79 Å². The van der Waals surface area contributed by atoms with Crippen LogP contribution < -0.4 is 5.32 Å². The van der Waals surface area contributed by atoms with E-state index in [0.29, 0.717) is 10.8 Å². The molecule has 21 heavy (non-hydrogen) atoms. The van der Waals surface area contributed by atoms with Gasteiger partial charge in [0.25, 0.3) is 0 Å². The van der Waals surface area contributed by atoms with Gasteiger partial charge in [-0.15, -0.1) is 11.8 Å². The summed E-state index contributed by atoms with van der Waals surface area (Å²) in [6.45, 7) is 4.01. The maximum absolute atomic E-state index is 12.0. The number of carbonyl (C=O) groups is 1. The summed E-state index contributed by atoms with van der Waals surface area (Å²) in [6, 6.07) is 15.6. The molecule has 0 aliphatic carbocycles. The molecule has 2 aromatic rings. The number of hydrogen-bond acceptors (Lipinski definition) is 2. The monoisotopic (exact) mass is 319 g/mol. The van der Waals surface area contributed by atoms with E-state index in [0.717, 1.165) is 10.5 Å². The summed E-state index contributed by atoms with van der Waals surface area (Å²) in [7, 11) is 0. The Bertz CT molecular complexity index is 630. The van der Waals surface area contributed by atoms with E-state index in [4.69, 9.17) is 11.6 Å². The van der Waals surface area contributed by atoms with E-state index in [1.165, 1.54) is 5.56 Å². The molecule has 0 saturated heterocycles. The molecule has 0 radical (unpaired) electrons. The molecule has 0 bridgehead atoms. The summed E-state index contributed by atoms with van der Waals surface area (Å²) in [5, 5.41) is 3.68. The summed E-state index contributed by atoms with van der Waals surface area (Å²) >= 11 is 7.52. The second-order valence-corrected chi connectivity index (χ2v) is 6.35. The van der Waals surface area contributed by atoms with Gasteiger partial charge >= 0.3 is 0 Å². The van der Waals surface area contributed by atoms with Crippen LogP contribution in [0.3, 0.4) is 0 Å². The molecular formula is C17H18ClNOS. The molecule has 110 valence electrons. The predicted molar refractivity (Wildman–Crippen MR) is 89.9 cm³/mol. The average Bonchev–Trinajstić information content (AvgIpc) is 2.46. The third-order valence-corrected chi connectivity index (χ3v) is 4.59. The van der Waals surface area contributed by atoms with Gasteiger partial charge in [-0.25, -0.2) is 0 Å². The highest BCUT2D eigenvalue weighted by Gasteiger charge is 2.10. The first-order valence-electron chi connectivity index (χ1n) is 6.79. The van der Waals surface area contributed by atoms with Crippen LogP contribution >= 0.6 is 23.4 Å². The summed E-state index contributed by atoms with van der Waals surface area (Å²) < 4.78 is 0. The number of halogens is 1. The highest BCUT2D eigenvalue weighted by molar-refractivity contribution is 8.00. The minimum absolute atomic E-state index is 0.0238. The highest BCUT2D eigenvalue weighted by atomic mass is 35.5. The number of rotatable bonds is 5. The molecule has 1 atom stereocenters. The second-order valence-electron chi connectivity index (χ2n) is 4.90.